The van der Waals surface area contributed by atoms with Gasteiger partial charge in [-0.1, -0.05) is 78.9 Å². The number of hydrogen-bond acceptors (Lipinski definition) is 6. The van der Waals surface area contributed by atoms with Crippen LogP contribution in [0.3, 0.4) is 0 Å². The normalized spacial score (nSPS) is 15.5. The van der Waals surface area contributed by atoms with E-state index in [2.05, 4.69) is 23.3 Å². The van der Waals surface area contributed by atoms with Crippen molar-refractivity contribution in [2.24, 2.45) is 0 Å². The minimum atomic E-state index is -0.897. The number of piperidine rings is 1. The molecule has 3 aromatic carbocycles. The second kappa shape index (κ2) is 17.9. The molecule has 286 valence electrons. The van der Waals surface area contributed by atoms with Gasteiger partial charge in [-0.3, -0.25) is 14.4 Å². The van der Waals surface area contributed by atoms with E-state index in [1.165, 1.54) is 11.0 Å². The molecule has 3 aromatic rings. The van der Waals surface area contributed by atoms with Crippen molar-refractivity contribution >= 4 is 34.6 Å². The molecule has 0 aliphatic carbocycles. The molecule has 1 aliphatic rings. The Morgan fingerprint density at radius 3 is 2.02 bits per heavy atom. The Labute approximate surface area is 316 Å². The second-order valence-electron chi connectivity index (χ2n) is 16.1. The van der Waals surface area contributed by atoms with E-state index in [-0.39, 0.29) is 30.2 Å². The third-order valence-corrected chi connectivity index (χ3v) is 10.0. The summed E-state index contributed by atoms with van der Waals surface area (Å²) in [5, 5.41) is 4.98. The number of amides is 4. The monoisotopic (exact) mass is 725 g/mol. The molecule has 0 aromatic heterocycles. The van der Waals surface area contributed by atoms with E-state index >= 15 is 0 Å². The fourth-order valence-electron chi connectivity index (χ4n) is 6.75. The molecule has 4 amide bonds. The van der Waals surface area contributed by atoms with Gasteiger partial charge < -0.3 is 29.7 Å². The van der Waals surface area contributed by atoms with Crippen molar-refractivity contribution in [1.82, 2.24) is 24.9 Å². The molecule has 10 nitrogen and oxygen atoms in total. The van der Waals surface area contributed by atoms with Crippen LogP contribution in [0.2, 0.25) is 0 Å². The number of nitrogens with one attached hydrogen (secondary N) is 1. The standard InChI is InChI=1S/C43H59N5O5/c1-42(2,3)53-41(52)44-43(4,5)25-15-20-38(49)47(8)36(30-32-21-22-33-18-13-14-19-34(33)28-32)40(51)48(9)37(29-31-16-11-10-12-17-31)39(50)46(7)35-23-26-45(6)27-24-35/h10-22,28,35-37H,23-27,29-30H2,1-9H3,(H,44,52)/b20-15+/t36-,37-/m1/s1. The molecular formula is C43H59N5O5. The smallest absolute Gasteiger partial charge is 0.408 e. The molecule has 0 radical (unpaired) electrons. The summed E-state index contributed by atoms with van der Waals surface area (Å²) in [4.78, 5) is 62.5. The Morgan fingerprint density at radius 2 is 1.38 bits per heavy atom. The number of fused-ring (bicyclic) bond motifs is 1. The van der Waals surface area contributed by atoms with Crippen LogP contribution in [0.5, 0.6) is 0 Å². The van der Waals surface area contributed by atoms with Crippen molar-refractivity contribution in [3.63, 3.8) is 0 Å². The first kappa shape index (κ1) is 41.1. The van der Waals surface area contributed by atoms with E-state index < -0.39 is 29.3 Å². The Balaban J connectivity index is 1.61. The number of likely N-dealkylation sites (N-methyl/N-ethyl adjacent to an activating group) is 3. The van der Waals surface area contributed by atoms with Crippen LogP contribution in [0.25, 0.3) is 10.8 Å². The molecule has 0 bridgehead atoms. The van der Waals surface area contributed by atoms with Gasteiger partial charge in [0, 0.05) is 45.6 Å². The van der Waals surface area contributed by atoms with Crippen LogP contribution in [0.1, 0.15) is 65.0 Å². The van der Waals surface area contributed by atoms with E-state index in [9.17, 15) is 19.2 Å². The predicted octanol–water partition coefficient (Wildman–Crippen LogP) is 6.08. The van der Waals surface area contributed by atoms with E-state index in [1.807, 2.05) is 92.5 Å². The number of alkyl carbamates (subject to hydrolysis) is 1. The van der Waals surface area contributed by atoms with Crippen molar-refractivity contribution in [1.29, 1.82) is 0 Å². The molecule has 53 heavy (non-hydrogen) atoms. The molecule has 1 saturated heterocycles. The quantitative estimate of drug-likeness (QED) is 0.215. The maximum absolute atomic E-state index is 14.8. The summed E-state index contributed by atoms with van der Waals surface area (Å²) < 4.78 is 5.41. The maximum Gasteiger partial charge on any atom is 0.408 e. The van der Waals surface area contributed by atoms with E-state index in [0.717, 1.165) is 47.8 Å². The molecule has 2 atom stereocenters. The highest BCUT2D eigenvalue weighted by Crippen LogP contribution is 2.23. The number of nitrogens with zero attached hydrogens (tertiary/aromatic N) is 4. The van der Waals surface area contributed by atoms with Crippen LogP contribution < -0.4 is 5.32 Å². The predicted molar refractivity (Wildman–Crippen MR) is 211 cm³/mol. The highest BCUT2D eigenvalue weighted by atomic mass is 16.6. The summed E-state index contributed by atoms with van der Waals surface area (Å²) in [6.45, 7) is 10.9. The molecule has 1 fully saturated rings. The van der Waals surface area contributed by atoms with Gasteiger partial charge in [0.1, 0.15) is 17.7 Å². The summed E-state index contributed by atoms with van der Waals surface area (Å²) in [5.74, 6) is -0.794. The zero-order valence-electron chi connectivity index (χ0n) is 33.1. The Morgan fingerprint density at radius 1 is 0.792 bits per heavy atom. The molecule has 0 saturated carbocycles. The highest BCUT2D eigenvalue weighted by Gasteiger charge is 2.37. The summed E-state index contributed by atoms with van der Waals surface area (Å²) in [6.07, 6.45) is 5.30. The third kappa shape index (κ3) is 11.9. The van der Waals surface area contributed by atoms with Crippen molar-refractivity contribution in [3.05, 3.63) is 96.1 Å². The fraction of sp³-hybridized carbons (Fsp3) is 0.488. The lowest BCUT2D eigenvalue weighted by atomic mass is 9.97. The minimum Gasteiger partial charge on any atom is -0.444 e. The van der Waals surface area contributed by atoms with Crippen molar-refractivity contribution < 1.29 is 23.9 Å². The van der Waals surface area contributed by atoms with E-state index in [1.54, 1.807) is 45.8 Å². The third-order valence-electron chi connectivity index (χ3n) is 10.0. The molecule has 1 N–H and O–H groups in total. The number of likely N-dealkylation sites (tertiary alicyclic amines) is 1. The zero-order chi connectivity index (χ0) is 38.9. The molecule has 0 spiro atoms. The van der Waals surface area contributed by atoms with Crippen LogP contribution in [0.15, 0.2) is 84.9 Å². The SMILES string of the molecule is CN1CCC(N(C)C(=O)[C@@H](Cc2ccccc2)N(C)C(=O)[C@@H](Cc2ccc3ccccc3c2)N(C)C(=O)/C=C/CC(C)(C)NC(=O)OC(C)(C)C)CC1. The lowest BCUT2D eigenvalue weighted by molar-refractivity contribution is -0.149. The van der Waals surface area contributed by atoms with Crippen molar-refractivity contribution in [2.75, 3.05) is 41.3 Å². The van der Waals surface area contributed by atoms with Gasteiger partial charge in [-0.2, -0.15) is 0 Å². The van der Waals surface area contributed by atoms with Gasteiger partial charge in [0.05, 0.1) is 0 Å². The Kier molecular flexibility index (Phi) is 13.9. The van der Waals surface area contributed by atoms with Gasteiger partial charge in [0.25, 0.3) is 0 Å². The average molecular weight is 726 g/mol. The van der Waals surface area contributed by atoms with Crippen molar-refractivity contribution in [3.8, 4) is 0 Å². The van der Waals surface area contributed by atoms with E-state index in [4.69, 9.17) is 4.74 Å². The highest BCUT2D eigenvalue weighted by molar-refractivity contribution is 5.95. The number of rotatable bonds is 13. The van der Waals surface area contributed by atoms with Gasteiger partial charge in [-0.05, 0) is 102 Å². The number of hydrogen-bond donors (Lipinski definition) is 1. The summed E-state index contributed by atoms with van der Waals surface area (Å²) in [7, 11) is 7.25. The van der Waals surface area contributed by atoms with Gasteiger partial charge in [0.15, 0.2) is 0 Å². The number of benzene rings is 3. The molecule has 1 heterocycles. The lowest BCUT2D eigenvalue weighted by Crippen LogP contribution is -2.57. The van der Waals surface area contributed by atoms with Crippen LogP contribution in [-0.2, 0) is 32.0 Å². The summed E-state index contributed by atoms with van der Waals surface area (Å²) >= 11 is 0. The molecule has 4 rings (SSSR count). The first-order valence-electron chi connectivity index (χ1n) is 18.6. The van der Waals surface area contributed by atoms with Gasteiger partial charge >= 0.3 is 6.09 Å². The van der Waals surface area contributed by atoms with E-state index in [0.29, 0.717) is 12.8 Å². The molecule has 10 heteroatoms. The molecule has 0 unspecified atom stereocenters. The van der Waals surface area contributed by atoms with Crippen molar-refractivity contribution in [2.45, 2.75) is 96.0 Å². The number of carbonyl (C=O) groups excluding carboxylic acids is 4. The summed E-state index contributed by atoms with van der Waals surface area (Å²) in [6, 6.07) is 22.2. The van der Waals surface area contributed by atoms with Crippen LogP contribution in [0, 0.1) is 0 Å². The van der Waals surface area contributed by atoms with Crippen LogP contribution in [0.4, 0.5) is 4.79 Å². The van der Waals surface area contributed by atoms with Crippen LogP contribution >= 0.6 is 0 Å². The molecular weight excluding hydrogens is 667 g/mol. The lowest BCUT2D eigenvalue weighted by Gasteiger charge is -2.39. The Bertz CT molecular complexity index is 1740. The first-order chi connectivity index (χ1) is 24.9. The Hall–Kier alpha value is -4.70. The van der Waals surface area contributed by atoms with Gasteiger partial charge in [-0.25, -0.2) is 4.79 Å². The van der Waals surface area contributed by atoms with Gasteiger partial charge in [0.2, 0.25) is 17.7 Å². The summed E-state index contributed by atoms with van der Waals surface area (Å²) in [5.41, 5.74) is 0.518. The number of ether oxygens (including phenoxy) is 1. The van der Waals surface area contributed by atoms with Gasteiger partial charge in [-0.15, -0.1) is 0 Å². The number of carbonyl (C=O) groups is 4. The second-order valence-corrected chi connectivity index (χ2v) is 16.1. The molecule has 1 aliphatic heterocycles. The van der Waals surface area contributed by atoms with Crippen LogP contribution in [-0.4, -0.2) is 114 Å². The largest absolute Gasteiger partial charge is 0.444 e. The first-order valence-corrected chi connectivity index (χ1v) is 18.6. The fourth-order valence-corrected chi connectivity index (χ4v) is 6.75. The topological polar surface area (TPSA) is 103 Å². The maximum atomic E-state index is 14.8. The minimum absolute atomic E-state index is 0.0809. The zero-order valence-corrected chi connectivity index (χ0v) is 33.1. The average Bonchev–Trinajstić information content (AvgIpc) is 3.10.